The Morgan fingerprint density at radius 1 is 1.75 bits per heavy atom. The molecule has 0 rings (SSSR count). The van der Waals surface area contributed by atoms with Crippen LogP contribution in [0.1, 0.15) is 0 Å². The molecule has 4 heavy (non-hydrogen) atoms. The Balaban J connectivity index is 0. The molecule has 1 N–H and O–H groups in total. The van der Waals surface area contributed by atoms with E-state index < -0.39 is 0 Å². The van der Waals surface area contributed by atoms with Crippen molar-refractivity contribution in [2.75, 3.05) is 0 Å². The van der Waals surface area contributed by atoms with Gasteiger partial charge in [0.1, 0.15) is 0 Å². The van der Waals surface area contributed by atoms with Crippen LogP contribution in [-0.4, -0.2) is 11.6 Å². The smallest absolute Gasteiger partial charge is 0 e. The van der Waals surface area contributed by atoms with Gasteiger partial charge in [-0.15, -0.1) is 0 Å². The third-order valence-electron chi connectivity index (χ3n) is 0. The fraction of sp³-hybridized carbons (Fsp3) is 0. The van der Waals surface area contributed by atoms with Crippen LogP contribution >= 0.6 is 0 Å². The Kier molecular flexibility index (Phi) is 20.2. The van der Waals surface area contributed by atoms with E-state index in [1.54, 1.807) is 0 Å². The summed E-state index contributed by atoms with van der Waals surface area (Å²) in [5.41, 5.74) is 0. The van der Waals surface area contributed by atoms with Gasteiger partial charge in [-0.3, -0.25) is 0 Å². The third kappa shape index (κ3) is 13.5. The van der Waals surface area contributed by atoms with Crippen molar-refractivity contribution in [1.82, 2.24) is 0 Å². The predicted molar refractivity (Wildman–Crippen MR) is 8.32 cm³/mol. The molecule has 0 aliphatic heterocycles. The molecule has 0 amide bonds. The van der Waals surface area contributed by atoms with Gasteiger partial charge in [-0.25, -0.2) is 0 Å². The topological polar surface area (TPSA) is 37.3 Å². The summed E-state index contributed by atoms with van der Waals surface area (Å²) in [5, 5.41) is 6.76. The van der Waals surface area contributed by atoms with Crippen molar-refractivity contribution in [2.45, 2.75) is 0 Å². The Morgan fingerprint density at radius 3 is 1.75 bits per heavy atom. The van der Waals surface area contributed by atoms with Crippen molar-refractivity contribution in [1.29, 1.82) is 0 Å². The minimum atomic E-state index is 0. The molecule has 0 bridgehead atoms. The predicted octanol–water partition coefficient (Wildman–Crippen LogP) is -0.388. The van der Waals surface area contributed by atoms with E-state index in [0.717, 1.165) is 0 Å². The molecule has 0 radical (unpaired) electrons. The van der Waals surface area contributed by atoms with Crippen LogP contribution in [0.4, 0.5) is 0 Å². The fourth-order valence-electron chi connectivity index (χ4n) is 0. The Morgan fingerprint density at radius 2 is 1.75 bits per heavy atom. The molecule has 0 aromatic rings. The van der Waals surface area contributed by atoms with Crippen LogP contribution in [0.5, 0.6) is 0 Å². The van der Waals surface area contributed by atoms with Crippen LogP contribution in [0.15, 0.2) is 0 Å². The van der Waals surface area contributed by atoms with Gasteiger partial charge in [-0.2, -0.15) is 0 Å². The molecule has 3 heteroatoms. The van der Waals surface area contributed by atoms with E-state index in [1.165, 1.54) is 0 Å². The largest absolute Gasteiger partial charge is 0.665 e. The van der Waals surface area contributed by atoms with E-state index in [4.69, 9.17) is 9.90 Å². The van der Waals surface area contributed by atoms with Gasteiger partial charge < -0.3 is 9.90 Å². The van der Waals surface area contributed by atoms with Crippen molar-refractivity contribution in [3.8, 4) is 0 Å². The summed E-state index contributed by atoms with van der Waals surface area (Å²) in [7, 11) is 0. The average molecular weight is 185 g/mol. The number of rotatable bonds is 0. The Hall–Kier alpha value is 0.847. The molecule has 22 valence electrons. The minimum Gasteiger partial charge on any atom is -0.665 e. The summed E-state index contributed by atoms with van der Waals surface area (Å²) >= 11 is 0. The zero-order chi connectivity index (χ0) is 2.71. The van der Waals surface area contributed by atoms with Crippen molar-refractivity contribution < 1.29 is 51.6 Å². The molecule has 2 nitrogen and oxygen atoms in total. The zero-order valence-electron chi connectivity index (χ0n) is 1.86. The van der Waals surface area contributed by atoms with Gasteiger partial charge in [0.25, 0.3) is 0 Å². The van der Waals surface area contributed by atoms with Crippen molar-refractivity contribution in [2.24, 2.45) is 0 Å². The first kappa shape index (κ1) is 8.85. The van der Waals surface area contributed by atoms with Crippen molar-refractivity contribution in [3.63, 3.8) is 0 Å². The zero-order valence-corrected chi connectivity index (χ0v) is 5.00. The second-order valence-corrected chi connectivity index (χ2v) is 0.0913. The van der Waals surface area contributed by atoms with E-state index in [2.05, 4.69) is 0 Å². The maximum absolute atomic E-state index is 8.24. The van der Waals surface area contributed by atoms with Gasteiger partial charge in [0, 0.05) is 41.7 Å². The Labute approximate surface area is 57.6 Å². The van der Waals surface area contributed by atoms with Crippen LogP contribution in [0.2, 0.25) is 0 Å². The van der Waals surface area contributed by atoms with Crippen LogP contribution in [0, 0.1) is 41.7 Å². The molecular weight excluding hydrogens is 184 g/mol. The fourth-order valence-corrected chi connectivity index (χ4v) is 0. The van der Waals surface area contributed by atoms with Gasteiger partial charge in [0.05, 0.1) is 0 Å². The molecule has 0 aliphatic rings. The molecule has 0 heterocycles. The quantitative estimate of drug-likeness (QED) is 0.522. The maximum atomic E-state index is 8.24. The normalized spacial score (nSPS) is 3.00. The SMILES string of the molecule is O=[C-]O.[Ce]. The first-order chi connectivity index (χ1) is 1.41. The summed E-state index contributed by atoms with van der Waals surface area (Å²) in [6.45, 7) is 0.500. The van der Waals surface area contributed by atoms with Crippen LogP contribution in [0.25, 0.3) is 0 Å². The van der Waals surface area contributed by atoms with Gasteiger partial charge in [0.2, 0.25) is 0 Å². The minimum absolute atomic E-state index is 0. The molecule has 0 unspecified atom stereocenters. The monoisotopic (exact) mass is 185 g/mol. The first-order valence-electron chi connectivity index (χ1n) is 0.428. The maximum Gasteiger partial charge on any atom is 0 e. The molecule has 0 aromatic carbocycles. The van der Waals surface area contributed by atoms with Gasteiger partial charge in [0.15, 0.2) is 0 Å². The molecule has 0 saturated heterocycles. The molecule has 0 atom stereocenters. The van der Waals surface area contributed by atoms with Gasteiger partial charge >= 0.3 is 0 Å². The summed E-state index contributed by atoms with van der Waals surface area (Å²) in [5.74, 6) is 0. The molecule has 0 aromatic heterocycles. The van der Waals surface area contributed by atoms with E-state index >= 15 is 0 Å². The number of hydrogen-bond acceptors (Lipinski definition) is 1. The van der Waals surface area contributed by atoms with E-state index in [-0.39, 0.29) is 41.7 Å². The second-order valence-electron chi connectivity index (χ2n) is 0.0913. The van der Waals surface area contributed by atoms with E-state index in [9.17, 15) is 0 Å². The molecular formula is CHCeO2-. The Bertz CT molecular complexity index is 13.5. The van der Waals surface area contributed by atoms with Crippen molar-refractivity contribution in [3.05, 3.63) is 0 Å². The molecule has 0 aliphatic carbocycles. The van der Waals surface area contributed by atoms with E-state index in [0.29, 0.717) is 6.47 Å². The summed E-state index contributed by atoms with van der Waals surface area (Å²) in [6, 6.07) is 0. The summed E-state index contributed by atoms with van der Waals surface area (Å²) in [4.78, 5) is 8.24. The summed E-state index contributed by atoms with van der Waals surface area (Å²) in [6.07, 6.45) is 0. The third-order valence-corrected chi connectivity index (χ3v) is 0. The first-order valence-corrected chi connectivity index (χ1v) is 0.428. The van der Waals surface area contributed by atoms with Crippen LogP contribution in [0.3, 0.4) is 0 Å². The number of aliphatic hydroxyl groups excluding tert-OH is 1. The number of hydrogen-bond donors (Lipinski definition) is 1. The average Bonchev–Trinajstić information content (AvgIpc) is 0.918. The van der Waals surface area contributed by atoms with Gasteiger partial charge in [-0.1, -0.05) is 6.47 Å². The molecule has 0 spiro atoms. The molecule has 0 fully saturated rings. The summed E-state index contributed by atoms with van der Waals surface area (Å²) < 4.78 is 0. The van der Waals surface area contributed by atoms with E-state index in [1.807, 2.05) is 0 Å². The van der Waals surface area contributed by atoms with Crippen molar-refractivity contribution >= 4 is 6.47 Å². The van der Waals surface area contributed by atoms with Crippen LogP contribution in [-0.2, 0) is 4.79 Å². The standard InChI is InChI=1S/CHO2.Ce/c2-1-3;/h(H,2,3);/q-1;. The molecule has 0 saturated carbocycles. The van der Waals surface area contributed by atoms with Gasteiger partial charge in [-0.05, 0) is 0 Å². The van der Waals surface area contributed by atoms with Crippen LogP contribution < -0.4 is 0 Å². The second kappa shape index (κ2) is 9.14.